The lowest BCUT2D eigenvalue weighted by Crippen LogP contribution is -2.34. The lowest BCUT2D eigenvalue weighted by Gasteiger charge is -2.41. The first-order valence-electron chi connectivity index (χ1n) is 4.92. The number of allylic oxidation sites excluding steroid dienone is 2. The quantitative estimate of drug-likeness (QED) is 0.538. The molecule has 0 spiro atoms. The molecule has 0 bridgehead atoms. The Morgan fingerprint density at radius 1 is 1.50 bits per heavy atom. The van der Waals surface area contributed by atoms with Crippen molar-refractivity contribution in [2.24, 2.45) is 11.3 Å². The van der Waals surface area contributed by atoms with E-state index in [1.54, 1.807) is 6.08 Å². The SMILES string of the molecule is C[C@@]12CCCC[C@H]1C=CC(=O)C2. The molecule has 2 rings (SSSR count). The Morgan fingerprint density at radius 2 is 2.33 bits per heavy atom. The van der Waals surface area contributed by atoms with Gasteiger partial charge in [-0.25, -0.2) is 0 Å². The Balaban J connectivity index is 2.23. The molecule has 1 heteroatoms. The van der Waals surface area contributed by atoms with Crippen LogP contribution in [0.4, 0.5) is 0 Å². The summed E-state index contributed by atoms with van der Waals surface area (Å²) in [6.45, 7) is 2.28. The van der Waals surface area contributed by atoms with E-state index in [1.165, 1.54) is 25.7 Å². The number of carbonyl (C=O) groups is 1. The maximum absolute atomic E-state index is 11.2. The van der Waals surface area contributed by atoms with Crippen LogP contribution in [0.3, 0.4) is 0 Å². The molecule has 0 aromatic heterocycles. The minimum atomic E-state index is 0.310. The Kier molecular flexibility index (Phi) is 1.82. The van der Waals surface area contributed by atoms with Gasteiger partial charge in [-0.05, 0) is 30.3 Å². The Bertz CT molecular complexity index is 229. The number of rotatable bonds is 0. The summed E-state index contributed by atoms with van der Waals surface area (Å²) in [5, 5.41) is 0. The topological polar surface area (TPSA) is 17.1 Å². The summed E-state index contributed by atoms with van der Waals surface area (Å²) in [4.78, 5) is 11.2. The molecule has 0 saturated heterocycles. The van der Waals surface area contributed by atoms with Gasteiger partial charge in [0.1, 0.15) is 0 Å². The van der Waals surface area contributed by atoms with Crippen LogP contribution in [0.15, 0.2) is 12.2 Å². The van der Waals surface area contributed by atoms with E-state index in [4.69, 9.17) is 0 Å². The van der Waals surface area contributed by atoms with Crippen molar-refractivity contribution < 1.29 is 4.79 Å². The Labute approximate surface area is 73.8 Å². The number of ketones is 1. The summed E-state index contributed by atoms with van der Waals surface area (Å²) >= 11 is 0. The minimum absolute atomic E-state index is 0.310. The van der Waals surface area contributed by atoms with Crippen LogP contribution in [0.5, 0.6) is 0 Å². The fraction of sp³-hybridized carbons (Fsp3) is 0.727. The van der Waals surface area contributed by atoms with Gasteiger partial charge in [0.25, 0.3) is 0 Å². The van der Waals surface area contributed by atoms with Crippen LogP contribution in [-0.2, 0) is 4.79 Å². The van der Waals surface area contributed by atoms with Gasteiger partial charge in [-0.1, -0.05) is 25.8 Å². The average Bonchev–Trinajstić information content (AvgIpc) is 2.02. The van der Waals surface area contributed by atoms with Gasteiger partial charge in [0, 0.05) is 6.42 Å². The number of carbonyl (C=O) groups excluding carboxylic acids is 1. The summed E-state index contributed by atoms with van der Waals surface area (Å²) < 4.78 is 0. The summed E-state index contributed by atoms with van der Waals surface area (Å²) in [6.07, 6.45) is 9.91. The number of fused-ring (bicyclic) bond motifs is 1. The monoisotopic (exact) mass is 164 g/mol. The second-order valence-electron chi connectivity index (χ2n) is 4.51. The van der Waals surface area contributed by atoms with Crippen molar-refractivity contribution in [2.75, 3.05) is 0 Å². The molecule has 1 saturated carbocycles. The highest BCUT2D eigenvalue weighted by Gasteiger charge is 2.38. The van der Waals surface area contributed by atoms with E-state index in [1.807, 2.05) is 0 Å². The summed E-state index contributed by atoms with van der Waals surface area (Å²) in [5.41, 5.74) is 0.310. The van der Waals surface area contributed by atoms with Gasteiger partial charge < -0.3 is 0 Å². The highest BCUT2D eigenvalue weighted by molar-refractivity contribution is 5.91. The van der Waals surface area contributed by atoms with Crippen LogP contribution in [0, 0.1) is 11.3 Å². The van der Waals surface area contributed by atoms with Gasteiger partial charge in [0.15, 0.2) is 5.78 Å². The van der Waals surface area contributed by atoms with Crippen molar-refractivity contribution in [1.82, 2.24) is 0 Å². The van der Waals surface area contributed by atoms with Crippen molar-refractivity contribution >= 4 is 5.78 Å². The summed E-state index contributed by atoms with van der Waals surface area (Å²) in [5.74, 6) is 1.01. The van der Waals surface area contributed by atoms with Crippen LogP contribution in [0.1, 0.15) is 39.0 Å². The van der Waals surface area contributed by atoms with Gasteiger partial charge >= 0.3 is 0 Å². The molecule has 2 aliphatic rings. The molecule has 2 aliphatic carbocycles. The van der Waals surface area contributed by atoms with Gasteiger partial charge in [0.2, 0.25) is 0 Å². The van der Waals surface area contributed by atoms with E-state index in [0.717, 1.165) is 6.42 Å². The maximum Gasteiger partial charge on any atom is 0.155 e. The van der Waals surface area contributed by atoms with Crippen LogP contribution >= 0.6 is 0 Å². The van der Waals surface area contributed by atoms with E-state index in [-0.39, 0.29) is 0 Å². The zero-order valence-electron chi connectivity index (χ0n) is 7.68. The Morgan fingerprint density at radius 3 is 3.17 bits per heavy atom. The first-order valence-corrected chi connectivity index (χ1v) is 4.92. The van der Waals surface area contributed by atoms with Crippen molar-refractivity contribution in [1.29, 1.82) is 0 Å². The molecule has 1 fully saturated rings. The van der Waals surface area contributed by atoms with Crippen LogP contribution in [0.25, 0.3) is 0 Å². The Hall–Kier alpha value is -0.590. The van der Waals surface area contributed by atoms with Crippen LogP contribution in [0.2, 0.25) is 0 Å². The van der Waals surface area contributed by atoms with Gasteiger partial charge in [-0.15, -0.1) is 0 Å². The third-order valence-corrected chi connectivity index (χ3v) is 3.50. The largest absolute Gasteiger partial charge is 0.295 e. The smallest absolute Gasteiger partial charge is 0.155 e. The second-order valence-corrected chi connectivity index (χ2v) is 4.51. The standard InChI is InChI=1S/C11H16O/c1-11-7-3-2-4-9(11)5-6-10(12)8-11/h5-6,9H,2-4,7-8H2,1H3/t9-,11-/m0/s1. The number of hydrogen-bond acceptors (Lipinski definition) is 1. The fourth-order valence-corrected chi connectivity index (χ4v) is 2.66. The number of hydrogen-bond donors (Lipinski definition) is 0. The molecule has 0 unspecified atom stereocenters. The van der Waals surface area contributed by atoms with E-state index < -0.39 is 0 Å². The van der Waals surface area contributed by atoms with Gasteiger partial charge in [0.05, 0.1) is 0 Å². The first-order chi connectivity index (χ1) is 5.71. The molecule has 2 atom stereocenters. The van der Waals surface area contributed by atoms with E-state index >= 15 is 0 Å². The van der Waals surface area contributed by atoms with E-state index in [2.05, 4.69) is 13.0 Å². The molecule has 0 aromatic carbocycles. The van der Waals surface area contributed by atoms with Crippen molar-refractivity contribution in [3.63, 3.8) is 0 Å². The molecule has 1 nitrogen and oxygen atoms in total. The van der Waals surface area contributed by atoms with Gasteiger partial charge in [-0.3, -0.25) is 4.79 Å². The zero-order chi connectivity index (χ0) is 8.60. The fourth-order valence-electron chi connectivity index (χ4n) is 2.66. The van der Waals surface area contributed by atoms with Gasteiger partial charge in [-0.2, -0.15) is 0 Å². The molecule has 0 N–H and O–H groups in total. The molecular formula is C11H16O. The molecule has 0 aliphatic heterocycles. The van der Waals surface area contributed by atoms with Crippen molar-refractivity contribution in [2.45, 2.75) is 39.0 Å². The first kappa shape index (κ1) is 8.03. The lowest BCUT2D eigenvalue weighted by molar-refractivity contribution is -0.118. The molecule has 0 aromatic rings. The predicted octanol–water partition coefficient (Wildman–Crippen LogP) is 2.71. The molecule has 12 heavy (non-hydrogen) atoms. The minimum Gasteiger partial charge on any atom is -0.295 e. The lowest BCUT2D eigenvalue weighted by atomic mass is 9.63. The molecule has 0 amide bonds. The van der Waals surface area contributed by atoms with Crippen molar-refractivity contribution in [3.8, 4) is 0 Å². The normalized spacial score (nSPS) is 41.1. The van der Waals surface area contributed by atoms with E-state index in [9.17, 15) is 4.79 Å². The third-order valence-electron chi connectivity index (χ3n) is 3.50. The zero-order valence-corrected chi connectivity index (χ0v) is 7.68. The van der Waals surface area contributed by atoms with Crippen LogP contribution < -0.4 is 0 Å². The highest BCUT2D eigenvalue weighted by Crippen LogP contribution is 2.46. The van der Waals surface area contributed by atoms with E-state index in [0.29, 0.717) is 17.1 Å². The molecule has 0 heterocycles. The van der Waals surface area contributed by atoms with Crippen molar-refractivity contribution in [3.05, 3.63) is 12.2 Å². The average molecular weight is 164 g/mol. The maximum atomic E-state index is 11.2. The summed E-state index contributed by atoms with van der Waals surface area (Å²) in [7, 11) is 0. The summed E-state index contributed by atoms with van der Waals surface area (Å²) in [6, 6.07) is 0. The molecule has 0 radical (unpaired) electrons. The van der Waals surface area contributed by atoms with Crippen LogP contribution in [-0.4, -0.2) is 5.78 Å². The molecule has 66 valence electrons. The predicted molar refractivity (Wildman–Crippen MR) is 48.8 cm³/mol. The highest BCUT2D eigenvalue weighted by atomic mass is 16.1. The molecular weight excluding hydrogens is 148 g/mol. The third kappa shape index (κ3) is 1.21. The second kappa shape index (κ2) is 2.72.